The van der Waals surface area contributed by atoms with Crippen LogP contribution in [-0.2, 0) is 12.8 Å². The van der Waals surface area contributed by atoms with Crippen molar-refractivity contribution in [3.05, 3.63) is 29.0 Å². The fourth-order valence-corrected chi connectivity index (χ4v) is 4.07. The molecule has 1 aliphatic carbocycles. The third-order valence-corrected chi connectivity index (χ3v) is 4.87. The Balaban J connectivity index is 1.97. The number of nitrogens with zero attached hydrogens (tertiary/aromatic N) is 2. The van der Waals surface area contributed by atoms with Crippen molar-refractivity contribution in [2.75, 3.05) is 11.9 Å². The van der Waals surface area contributed by atoms with Gasteiger partial charge in [0.2, 0.25) is 0 Å². The van der Waals surface area contributed by atoms with Crippen LogP contribution in [0.3, 0.4) is 0 Å². The molecule has 0 radical (unpaired) electrons. The van der Waals surface area contributed by atoms with Crippen molar-refractivity contribution in [1.29, 1.82) is 0 Å². The van der Waals surface area contributed by atoms with E-state index in [4.69, 9.17) is 14.4 Å². The molecule has 0 spiro atoms. The fourth-order valence-electron chi connectivity index (χ4n) is 2.81. The van der Waals surface area contributed by atoms with E-state index in [2.05, 4.69) is 12.2 Å². The molecule has 3 aromatic rings. The number of nitrogens with one attached hydrogen (secondary N) is 1. The van der Waals surface area contributed by atoms with E-state index in [-0.39, 0.29) is 0 Å². The zero-order valence-electron chi connectivity index (χ0n) is 11.3. The van der Waals surface area contributed by atoms with Crippen LogP contribution >= 0.6 is 11.3 Å². The second-order valence-corrected chi connectivity index (χ2v) is 6.06. The Bertz CT molecular complexity index is 761. The number of fused-ring (bicyclic) bond motifs is 3. The predicted octanol–water partition coefficient (Wildman–Crippen LogP) is 3.87. The van der Waals surface area contributed by atoms with E-state index < -0.39 is 0 Å². The summed E-state index contributed by atoms with van der Waals surface area (Å²) in [4.78, 5) is 12.0. The summed E-state index contributed by atoms with van der Waals surface area (Å²) in [6.45, 7) is 2.96. The van der Waals surface area contributed by atoms with Gasteiger partial charge in [0.25, 0.3) is 0 Å². The van der Waals surface area contributed by atoms with Crippen LogP contribution in [0.4, 0.5) is 5.82 Å². The Hall–Kier alpha value is -1.88. The number of aryl methyl sites for hydroxylation is 2. The van der Waals surface area contributed by atoms with Crippen molar-refractivity contribution >= 4 is 27.4 Å². The Labute approximate surface area is 120 Å². The van der Waals surface area contributed by atoms with Crippen LogP contribution in [0.25, 0.3) is 21.6 Å². The number of anilines is 1. The first kappa shape index (κ1) is 11.9. The van der Waals surface area contributed by atoms with Gasteiger partial charge in [-0.2, -0.15) is 0 Å². The Kier molecular flexibility index (Phi) is 2.73. The first-order valence-corrected chi connectivity index (χ1v) is 7.77. The van der Waals surface area contributed by atoms with Gasteiger partial charge in [-0.3, -0.25) is 0 Å². The van der Waals surface area contributed by atoms with Crippen molar-refractivity contribution in [2.45, 2.75) is 26.2 Å². The maximum Gasteiger partial charge on any atom is 0.166 e. The van der Waals surface area contributed by atoms with Gasteiger partial charge in [-0.15, -0.1) is 11.3 Å². The standard InChI is InChI=1S/C15H15N3OS/c1-2-16-14-12-10-4-3-5-11(10)20-15(12)18-13(17-14)9-6-7-19-8-9/h6-8H,2-5H2,1H3,(H,16,17,18). The molecule has 0 amide bonds. The molecule has 0 fully saturated rings. The lowest BCUT2D eigenvalue weighted by atomic mass is 10.2. The van der Waals surface area contributed by atoms with E-state index in [1.165, 1.54) is 28.7 Å². The van der Waals surface area contributed by atoms with E-state index in [0.29, 0.717) is 0 Å². The number of thiophene rings is 1. The summed E-state index contributed by atoms with van der Waals surface area (Å²) >= 11 is 1.82. The topological polar surface area (TPSA) is 51.0 Å². The fraction of sp³-hybridized carbons (Fsp3) is 0.333. The second kappa shape index (κ2) is 4.59. The first-order chi connectivity index (χ1) is 9.86. The zero-order chi connectivity index (χ0) is 13.5. The minimum Gasteiger partial charge on any atom is -0.472 e. The largest absolute Gasteiger partial charge is 0.472 e. The van der Waals surface area contributed by atoms with Crippen molar-refractivity contribution in [1.82, 2.24) is 9.97 Å². The van der Waals surface area contributed by atoms with Gasteiger partial charge in [-0.25, -0.2) is 9.97 Å². The lowest BCUT2D eigenvalue weighted by Gasteiger charge is -2.07. The minimum atomic E-state index is 0.738. The summed E-state index contributed by atoms with van der Waals surface area (Å²) in [5.41, 5.74) is 2.39. The molecule has 102 valence electrons. The monoisotopic (exact) mass is 285 g/mol. The van der Waals surface area contributed by atoms with Crippen molar-refractivity contribution in [3.63, 3.8) is 0 Å². The summed E-state index contributed by atoms with van der Waals surface area (Å²) in [7, 11) is 0. The average Bonchev–Trinajstić information content (AvgIpc) is 3.15. The Morgan fingerprint density at radius 2 is 2.30 bits per heavy atom. The van der Waals surface area contributed by atoms with Gasteiger partial charge >= 0.3 is 0 Å². The van der Waals surface area contributed by atoms with Gasteiger partial charge in [-0.05, 0) is 37.8 Å². The molecule has 1 aliphatic rings. The molecule has 3 heterocycles. The van der Waals surface area contributed by atoms with E-state index >= 15 is 0 Å². The number of furan rings is 1. The van der Waals surface area contributed by atoms with Crippen LogP contribution in [0.5, 0.6) is 0 Å². The normalized spacial score (nSPS) is 13.8. The lowest BCUT2D eigenvalue weighted by Crippen LogP contribution is -2.02. The molecule has 0 aliphatic heterocycles. The highest BCUT2D eigenvalue weighted by atomic mass is 32.1. The Morgan fingerprint density at radius 1 is 1.35 bits per heavy atom. The molecule has 1 N–H and O–H groups in total. The highest BCUT2D eigenvalue weighted by molar-refractivity contribution is 7.19. The highest BCUT2D eigenvalue weighted by Gasteiger charge is 2.22. The Morgan fingerprint density at radius 3 is 3.10 bits per heavy atom. The summed E-state index contributed by atoms with van der Waals surface area (Å²) in [6.07, 6.45) is 6.94. The summed E-state index contributed by atoms with van der Waals surface area (Å²) in [5, 5.41) is 4.63. The number of aromatic nitrogens is 2. The molecular formula is C15H15N3OS. The molecule has 4 nitrogen and oxygen atoms in total. The van der Waals surface area contributed by atoms with Gasteiger partial charge in [0, 0.05) is 11.4 Å². The smallest absolute Gasteiger partial charge is 0.166 e. The molecule has 0 saturated heterocycles. The van der Waals surface area contributed by atoms with Gasteiger partial charge in [0.15, 0.2) is 5.82 Å². The molecule has 3 aromatic heterocycles. The third kappa shape index (κ3) is 1.73. The SMILES string of the molecule is CCNc1nc(-c2ccoc2)nc2sc3c(c12)CCC3. The number of hydrogen-bond acceptors (Lipinski definition) is 5. The first-order valence-electron chi connectivity index (χ1n) is 6.95. The van der Waals surface area contributed by atoms with Gasteiger partial charge in [0.05, 0.1) is 17.2 Å². The minimum absolute atomic E-state index is 0.738. The van der Waals surface area contributed by atoms with Crippen molar-refractivity contribution < 1.29 is 4.42 Å². The molecule has 20 heavy (non-hydrogen) atoms. The van der Waals surface area contributed by atoms with Gasteiger partial charge in [0.1, 0.15) is 16.9 Å². The quantitative estimate of drug-likeness (QED) is 0.793. The van der Waals surface area contributed by atoms with E-state index in [1.54, 1.807) is 12.5 Å². The van der Waals surface area contributed by atoms with Gasteiger partial charge in [-0.1, -0.05) is 0 Å². The lowest BCUT2D eigenvalue weighted by molar-refractivity contribution is 0.568. The summed E-state index contributed by atoms with van der Waals surface area (Å²) < 4.78 is 5.15. The molecule has 5 heteroatoms. The third-order valence-electron chi connectivity index (χ3n) is 3.69. The molecule has 0 bridgehead atoms. The van der Waals surface area contributed by atoms with Crippen molar-refractivity contribution in [3.8, 4) is 11.4 Å². The van der Waals surface area contributed by atoms with Crippen LogP contribution in [0.1, 0.15) is 23.8 Å². The molecular weight excluding hydrogens is 270 g/mol. The number of hydrogen-bond donors (Lipinski definition) is 1. The van der Waals surface area contributed by atoms with Crippen LogP contribution in [0.15, 0.2) is 23.0 Å². The molecule has 0 atom stereocenters. The number of rotatable bonds is 3. The molecule has 0 unspecified atom stereocenters. The molecule has 0 aromatic carbocycles. The van der Waals surface area contributed by atoms with Crippen LogP contribution in [0.2, 0.25) is 0 Å². The predicted molar refractivity (Wildman–Crippen MR) is 81.3 cm³/mol. The van der Waals surface area contributed by atoms with Crippen LogP contribution < -0.4 is 5.32 Å². The summed E-state index contributed by atoms with van der Waals surface area (Å²) in [5.74, 6) is 1.70. The average molecular weight is 285 g/mol. The molecule has 4 rings (SSSR count). The summed E-state index contributed by atoms with van der Waals surface area (Å²) in [6, 6.07) is 1.90. The maximum atomic E-state index is 5.15. The maximum absolute atomic E-state index is 5.15. The molecule has 0 saturated carbocycles. The van der Waals surface area contributed by atoms with E-state index in [1.807, 2.05) is 17.4 Å². The zero-order valence-corrected chi connectivity index (χ0v) is 12.1. The second-order valence-electron chi connectivity index (χ2n) is 4.98. The van der Waals surface area contributed by atoms with E-state index in [0.717, 1.165) is 35.0 Å². The van der Waals surface area contributed by atoms with Crippen LogP contribution in [0, 0.1) is 0 Å². The van der Waals surface area contributed by atoms with Crippen molar-refractivity contribution in [2.24, 2.45) is 0 Å². The van der Waals surface area contributed by atoms with E-state index in [9.17, 15) is 0 Å². The van der Waals surface area contributed by atoms with Crippen LogP contribution in [-0.4, -0.2) is 16.5 Å². The highest BCUT2D eigenvalue weighted by Crippen LogP contribution is 2.40. The van der Waals surface area contributed by atoms with Gasteiger partial charge < -0.3 is 9.73 Å².